The van der Waals surface area contributed by atoms with E-state index < -0.39 is 0 Å². The van der Waals surface area contributed by atoms with Crippen molar-refractivity contribution in [1.29, 1.82) is 0 Å². The van der Waals surface area contributed by atoms with Crippen LogP contribution in [0.1, 0.15) is 25.5 Å². The highest BCUT2D eigenvalue weighted by Gasteiger charge is 2.01. The summed E-state index contributed by atoms with van der Waals surface area (Å²) in [5.41, 5.74) is 1.08. The van der Waals surface area contributed by atoms with Crippen molar-refractivity contribution in [3.8, 4) is 0 Å². The number of halogens is 1. The third-order valence-electron chi connectivity index (χ3n) is 1.68. The lowest BCUT2D eigenvalue weighted by molar-refractivity contribution is 0.814. The number of nitrogens with zero attached hydrogens (tertiary/aromatic N) is 2. The van der Waals surface area contributed by atoms with E-state index in [2.05, 4.69) is 45.1 Å². The van der Waals surface area contributed by atoms with Gasteiger partial charge in [0, 0.05) is 23.6 Å². The summed E-state index contributed by atoms with van der Waals surface area (Å²) < 4.78 is 0. The minimum absolute atomic E-state index is 0.451. The van der Waals surface area contributed by atoms with Crippen LogP contribution in [0.2, 0.25) is 0 Å². The molecule has 1 aromatic rings. The first-order chi connectivity index (χ1) is 6.24. The van der Waals surface area contributed by atoms with Crippen LogP contribution in [0, 0.1) is 0 Å². The van der Waals surface area contributed by atoms with E-state index in [4.69, 9.17) is 0 Å². The van der Waals surface area contributed by atoms with E-state index in [0.717, 1.165) is 23.4 Å². The molecule has 0 atom stereocenters. The molecule has 1 heterocycles. The normalized spacial score (nSPS) is 10.5. The molecule has 0 fully saturated rings. The smallest absolute Gasteiger partial charge is 0.129 e. The summed E-state index contributed by atoms with van der Waals surface area (Å²) in [7, 11) is 0. The largest absolute Gasteiger partial charge is 0.369 e. The summed E-state index contributed by atoms with van der Waals surface area (Å²) in [4.78, 5) is 8.30. The molecule has 0 aromatic carbocycles. The van der Waals surface area contributed by atoms with Gasteiger partial charge in [0.1, 0.15) is 12.1 Å². The van der Waals surface area contributed by atoms with E-state index in [9.17, 15) is 0 Å². The second-order valence-electron chi connectivity index (χ2n) is 3.10. The molecule has 13 heavy (non-hydrogen) atoms. The van der Waals surface area contributed by atoms with Gasteiger partial charge in [-0.1, -0.05) is 29.8 Å². The fourth-order valence-electron chi connectivity index (χ4n) is 0.960. The van der Waals surface area contributed by atoms with E-state index in [0.29, 0.717) is 5.92 Å². The third kappa shape index (κ3) is 3.30. The van der Waals surface area contributed by atoms with E-state index in [1.54, 1.807) is 6.33 Å². The van der Waals surface area contributed by atoms with Crippen LogP contribution in [0.5, 0.6) is 0 Å². The van der Waals surface area contributed by atoms with Crippen molar-refractivity contribution in [3.05, 3.63) is 18.1 Å². The molecule has 1 N–H and O–H groups in total. The molecule has 0 spiro atoms. The Bertz CT molecular complexity index is 263. The number of anilines is 1. The number of hydrogen-bond acceptors (Lipinski definition) is 3. The zero-order valence-electron chi connectivity index (χ0n) is 7.92. The average molecular weight is 244 g/mol. The lowest BCUT2D eigenvalue weighted by Crippen LogP contribution is -2.05. The van der Waals surface area contributed by atoms with Gasteiger partial charge in [0.05, 0.1) is 0 Å². The molecule has 4 heteroatoms. The van der Waals surface area contributed by atoms with Crippen LogP contribution >= 0.6 is 15.9 Å². The summed E-state index contributed by atoms with van der Waals surface area (Å²) in [6, 6.07) is 1.99. The van der Waals surface area contributed by atoms with E-state index in [1.165, 1.54) is 0 Å². The zero-order valence-corrected chi connectivity index (χ0v) is 9.50. The molecule has 0 aliphatic heterocycles. The van der Waals surface area contributed by atoms with Gasteiger partial charge < -0.3 is 5.32 Å². The van der Waals surface area contributed by atoms with Gasteiger partial charge in [0.15, 0.2) is 0 Å². The molecule has 3 nitrogen and oxygen atoms in total. The predicted octanol–water partition coefficient (Wildman–Crippen LogP) is 2.41. The van der Waals surface area contributed by atoms with E-state index in [1.807, 2.05) is 6.07 Å². The predicted molar refractivity (Wildman–Crippen MR) is 58.4 cm³/mol. The summed E-state index contributed by atoms with van der Waals surface area (Å²) >= 11 is 3.35. The Morgan fingerprint density at radius 3 is 2.85 bits per heavy atom. The molecule has 0 bridgehead atoms. The Kier molecular flexibility index (Phi) is 4.15. The Labute approximate surface area is 87.1 Å². The quantitative estimate of drug-likeness (QED) is 0.826. The molecule has 1 aromatic heterocycles. The third-order valence-corrected chi connectivity index (χ3v) is 2.08. The van der Waals surface area contributed by atoms with Crippen molar-refractivity contribution in [3.63, 3.8) is 0 Å². The van der Waals surface area contributed by atoms with Crippen molar-refractivity contribution >= 4 is 21.7 Å². The number of rotatable bonds is 4. The first-order valence-electron chi connectivity index (χ1n) is 4.36. The molecule has 1 rings (SSSR count). The van der Waals surface area contributed by atoms with Gasteiger partial charge in [-0.05, 0) is 5.92 Å². The second kappa shape index (κ2) is 5.17. The number of aromatic nitrogens is 2. The zero-order chi connectivity index (χ0) is 9.68. The first kappa shape index (κ1) is 10.4. The van der Waals surface area contributed by atoms with Gasteiger partial charge in [-0.15, -0.1) is 0 Å². The lowest BCUT2D eigenvalue weighted by atomic mass is 10.1. The molecule has 0 amide bonds. The standard InChI is InChI=1S/C9H14BrN3/c1-7(2)8-5-9(11-4-3-10)13-6-12-8/h5-7H,3-4H2,1-2H3,(H,11,12,13). The van der Waals surface area contributed by atoms with E-state index >= 15 is 0 Å². The molecular formula is C9H14BrN3. The Balaban J connectivity index is 2.68. The highest BCUT2D eigenvalue weighted by Crippen LogP contribution is 2.13. The second-order valence-corrected chi connectivity index (χ2v) is 3.89. The fourth-order valence-corrected chi connectivity index (χ4v) is 1.16. The number of alkyl halides is 1. The molecular weight excluding hydrogens is 230 g/mol. The van der Waals surface area contributed by atoms with Gasteiger partial charge in [-0.2, -0.15) is 0 Å². The minimum Gasteiger partial charge on any atom is -0.369 e. The van der Waals surface area contributed by atoms with E-state index in [-0.39, 0.29) is 0 Å². The Morgan fingerprint density at radius 2 is 2.23 bits per heavy atom. The molecule has 0 saturated carbocycles. The first-order valence-corrected chi connectivity index (χ1v) is 5.48. The SMILES string of the molecule is CC(C)c1cc(NCCBr)ncn1. The molecule has 72 valence electrons. The minimum atomic E-state index is 0.451. The maximum absolute atomic E-state index is 4.18. The van der Waals surface area contributed by atoms with Crippen molar-refractivity contribution < 1.29 is 0 Å². The highest BCUT2D eigenvalue weighted by molar-refractivity contribution is 9.09. The van der Waals surface area contributed by atoms with Crippen LogP contribution in [0.15, 0.2) is 12.4 Å². The van der Waals surface area contributed by atoms with Crippen molar-refractivity contribution in [2.24, 2.45) is 0 Å². The van der Waals surface area contributed by atoms with Gasteiger partial charge in [-0.25, -0.2) is 9.97 Å². The maximum atomic E-state index is 4.18. The summed E-state index contributed by atoms with van der Waals surface area (Å²) in [6.45, 7) is 5.13. The summed E-state index contributed by atoms with van der Waals surface area (Å²) in [5.74, 6) is 1.35. The van der Waals surface area contributed by atoms with Gasteiger partial charge in [0.2, 0.25) is 0 Å². The van der Waals surface area contributed by atoms with Crippen molar-refractivity contribution in [2.75, 3.05) is 17.2 Å². The molecule has 0 saturated heterocycles. The summed E-state index contributed by atoms with van der Waals surface area (Å²) in [6.07, 6.45) is 1.60. The van der Waals surface area contributed by atoms with Gasteiger partial charge >= 0.3 is 0 Å². The number of nitrogens with one attached hydrogen (secondary N) is 1. The van der Waals surface area contributed by atoms with Crippen LogP contribution < -0.4 is 5.32 Å². The van der Waals surface area contributed by atoms with Crippen LogP contribution in [0.3, 0.4) is 0 Å². The molecule has 0 radical (unpaired) electrons. The topological polar surface area (TPSA) is 37.8 Å². The van der Waals surface area contributed by atoms with Crippen LogP contribution in [0.25, 0.3) is 0 Å². The highest BCUT2D eigenvalue weighted by atomic mass is 79.9. The monoisotopic (exact) mass is 243 g/mol. The lowest BCUT2D eigenvalue weighted by Gasteiger charge is -2.06. The average Bonchev–Trinajstić information content (AvgIpc) is 2.15. The fraction of sp³-hybridized carbons (Fsp3) is 0.556. The van der Waals surface area contributed by atoms with Gasteiger partial charge in [-0.3, -0.25) is 0 Å². The molecule has 0 aliphatic rings. The van der Waals surface area contributed by atoms with Crippen molar-refractivity contribution in [1.82, 2.24) is 9.97 Å². The van der Waals surface area contributed by atoms with Crippen molar-refractivity contribution in [2.45, 2.75) is 19.8 Å². The van der Waals surface area contributed by atoms with Crippen LogP contribution in [0.4, 0.5) is 5.82 Å². The van der Waals surface area contributed by atoms with Crippen LogP contribution in [-0.2, 0) is 0 Å². The molecule has 0 unspecified atom stereocenters. The van der Waals surface area contributed by atoms with Gasteiger partial charge in [0.25, 0.3) is 0 Å². The summed E-state index contributed by atoms with van der Waals surface area (Å²) in [5, 5.41) is 4.12. The Morgan fingerprint density at radius 1 is 1.46 bits per heavy atom. The molecule has 0 aliphatic carbocycles. The Hall–Kier alpha value is -0.640. The number of hydrogen-bond donors (Lipinski definition) is 1. The maximum Gasteiger partial charge on any atom is 0.129 e. The van der Waals surface area contributed by atoms with Crippen LogP contribution in [-0.4, -0.2) is 21.8 Å².